The second-order valence-corrected chi connectivity index (χ2v) is 4.22. The van der Waals surface area contributed by atoms with Gasteiger partial charge in [-0.3, -0.25) is 4.79 Å². The SMILES string of the molecule is C=CCOc1ccc2c(C)cc(=O)oc2c1C(C)=O. The number of Topliss-reactive ketones (excluding diaryl/α,β-unsaturated/α-hetero) is 1. The highest BCUT2D eigenvalue weighted by atomic mass is 16.5. The molecular formula is C15H14O4. The van der Waals surface area contributed by atoms with Crippen LogP contribution in [0, 0.1) is 6.92 Å². The molecule has 1 aromatic carbocycles. The van der Waals surface area contributed by atoms with Crippen molar-refractivity contribution in [3.63, 3.8) is 0 Å². The van der Waals surface area contributed by atoms with Crippen molar-refractivity contribution in [3.8, 4) is 5.75 Å². The van der Waals surface area contributed by atoms with Crippen molar-refractivity contribution in [1.29, 1.82) is 0 Å². The molecule has 0 spiro atoms. The van der Waals surface area contributed by atoms with Crippen molar-refractivity contribution in [2.75, 3.05) is 6.61 Å². The summed E-state index contributed by atoms with van der Waals surface area (Å²) in [6.07, 6.45) is 1.58. The lowest BCUT2D eigenvalue weighted by Crippen LogP contribution is -2.05. The number of carbonyl (C=O) groups is 1. The van der Waals surface area contributed by atoms with Gasteiger partial charge in [0.05, 0.1) is 0 Å². The molecule has 0 atom stereocenters. The van der Waals surface area contributed by atoms with E-state index in [9.17, 15) is 9.59 Å². The van der Waals surface area contributed by atoms with Crippen LogP contribution in [0.25, 0.3) is 11.0 Å². The summed E-state index contributed by atoms with van der Waals surface area (Å²) in [6.45, 7) is 7.05. The van der Waals surface area contributed by atoms with E-state index in [1.165, 1.54) is 13.0 Å². The molecule has 2 rings (SSSR count). The quantitative estimate of drug-likeness (QED) is 0.480. The molecule has 0 fully saturated rings. The van der Waals surface area contributed by atoms with Crippen molar-refractivity contribution in [2.24, 2.45) is 0 Å². The molecule has 0 aliphatic rings. The Balaban J connectivity index is 2.79. The molecule has 0 amide bonds. The van der Waals surface area contributed by atoms with E-state index in [1.54, 1.807) is 25.1 Å². The van der Waals surface area contributed by atoms with Crippen LogP contribution in [0.2, 0.25) is 0 Å². The van der Waals surface area contributed by atoms with Crippen molar-refractivity contribution in [1.82, 2.24) is 0 Å². The van der Waals surface area contributed by atoms with E-state index < -0.39 is 5.63 Å². The number of rotatable bonds is 4. The smallest absolute Gasteiger partial charge is 0.336 e. The normalized spacial score (nSPS) is 10.4. The molecule has 19 heavy (non-hydrogen) atoms. The Morgan fingerprint density at radius 3 is 2.84 bits per heavy atom. The number of hydrogen-bond donors (Lipinski definition) is 0. The van der Waals surface area contributed by atoms with Gasteiger partial charge in [0, 0.05) is 11.5 Å². The number of ether oxygens (including phenoxy) is 1. The molecule has 0 bridgehead atoms. The summed E-state index contributed by atoms with van der Waals surface area (Å²) >= 11 is 0. The molecule has 0 saturated heterocycles. The van der Waals surface area contributed by atoms with E-state index in [0.29, 0.717) is 11.3 Å². The summed E-state index contributed by atoms with van der Waals surface area (Å²) in [7, 11) is 0. The molecule has 1 aromatic heterocycles. The van der Waals surface area contributed by atoms with E-state index >= 15 is 0 Å². The van der Waals surface area contributed by atoms with Crippen LogP contribution in [0.4, 0.5) is 0 Å². The van der Waals surface area contributed by atoms with Crippen molar-refractivity contribution >= 4 is 16.8 Å². The molecule has 4 nitrogen and oxygen atoms in total. The third kappa shape index (κ3) is 2.42. The first-order valence-corrected chi connectivity index (χ1v) is 5.86. The lowest BCUT2D eigenvalue weighted by atomic mass is 10.0. The van der Waals surface area contributed by atoms with Gasteiger partial charge in [0.15, 0.2) is 11.4 Å². The number of hydrogen-bond acceptors (Lipinski definition) is 4. The average molecular weight is 258 g/mol. The molecule has 0 N–H and O–H groups in total. The minimum absolute atomic E-state index is 0.210. The Hall–Kier alpha value is -2.36. The highest BCUT2D eigenvalue weighted by molar-refractivity contribution is 6.07. The van der Waals surface area contributed by atoms with Gasteiger partial charge in [0.25, 0.3) is 0 Å². The van der Waals surface area contributed by atoms with Gasteiger partial charge in [-0.1, -0.05) is 12.7 Å². The van der Waals surface area contributed by atoms with Crippen LogP contribution in [-0.2, 0) is 0 Å². The van der Waals surface area contributed by atoms with E-state index in [2.05, 4.69) is 6.58 Å². The minimum atomic E-state index is -0.478. The van der Waals surface area contributed by atoms with E-state index in [0.717, 1.165) is 10.9 Å². The topological polar surface area (TPSA) is 56.5 Å². The fourth-order valence-electron chi connectivity index (χ4n) is 1.97. The van der Waals surface area contributed by atoms with Crippen LogP contribution in [0.1, 0.15) is 22.8 Å². The predicted octanol–water partition coefficient (Wildman–Crippen LogP) is 2.87. The third-order valence-corrected chi connectivity index (χ3v) is 2.79. The molecule has 0 aliphatic heterocycles. The summed E-state index contributed by atoms with van der Waals surface area (Å²) in [5.41, 5.74) is 0.858. The Kier molecular flexibility index (Phi) is 3.51. The zero-order valence-electron chi connectivity index (χ0n) is 10.9. The summed E-state index contributed by atoms with van der Waals surface area (Å²) in [5.74, 6) is 0.187. The van der Waals surface area contributed by atoms with Gasteiger partial charge >= 0.3 is 5.63 Å². The fourth-order valence-corrected chi connectivity index (χ4v) is 1.97. The zero-order valence-corrected chi connectivity index (χ0v) is 10.9. The first-order chi connectivity index (χ1) is 9.04. The maximum atomic E-state index is 11.8. The molecule has 0 radical (unpaired) electrons. The van der Waals surface area contributed by atoms with Crippen molar-refractivity contribution in [3.05, 3.63) is 52.4 Å². The van der Waals surface area contributed by atoms with E-state index in [-0.39, 0.29) is 18.0 Å². The number of fused-ring (bicyclic) bond motifs is 1. The highest BCUT2D eigenvalue weighted by Crippen LogP contribution is 2.29. The maximum absolute atomic E-state index is 11.8. The van der Waals surface area contributed by atoms with Crippen LogP contribution >= 0.6 is 0 Å². The molecule has 0 aliphatic carbocycles. The van der Waals surface area contributed by atoms with Crippen molar-refractivity contribution in [2.45, 2.75) is 13.8 Å². The largest absolute Gasteiger partial charge is 0.489 e. The minimum Gasteiger partial charge on any atom is -0.489 e. The predicted molar refractivity (Wildman–Crippen MR) is 72.9 cm³/mol. The average Bonchev–Trinajstić information content (AvgIpc) is 2.34. The van der Waals surface area contributed by atoms with E-state index in [1.807, 2.05) is 0 Å². The van der Waals surface area contributed by atoms with Gasteiger partial charge in [0.2, 0.25) is 0 Å². The van der Waals surface area contributed by atoms with Gasteiger partial charge in [-0.15, -0.1) is 0 Å². The fraction of sp³-hybridized carbons (Fsp3) is 0.200. The summed E-state index contributed by atoms with van der Waals surface area (Å²) in [5, 5.41) is 0.732. The lowest BCUT2D eigenvalue weighted by Gasteiger charge is -2.10. The standard InChI is InChI=1S/C15H14O4/c1-4-7-18-12-6-5-11-9(2)8-13(17)19-15(11)14(12)10(3)16/h4-6,8H,1,7H2,2-3H3. The maximum Gasteiger partial charge on any atom is 0.336 e. The second-order valence-electron chi connectivity index (χ2n) is 4.22. The van der Waals surface area contributed by atoms with Crippen LogP contribution in [0.3, 0.4) is 0 Å². The van der Waals surface area contributed by atoms with Crippen LogP contribution in [-0.4, -0.2) is 12.4 Å². The highest BCUT2D eigenvalue weighted by Gasteiger charge is 2.17. The lowest BCUT2D eigenvalue weighted by molar-refractivity contribution is 0.101. The number of carbonyl (C=O) groups excluding carboxylic acids is 1. The Morgan fingerprint density at radius 2 is 2.21 bits per heavy atom. The molecule has 2 aromatic rings. The molecule has 4 heteroatoms. The van der Waals surface area contributed by atoms with Crippen LogP contribution in [0.15, 0.2) is 40.1 Å². The van der Waals surface area contributed by atoms with Gasteiger partial charge in [-0.2, -0.15) is 0 Å². The molecule has 98 valence electrons. The van der Waals surface area contributed by atoms with Gasteiger partial charge in [-0.25, -0.2) is 4.79 Å². The molecule has 0 unspecified atom stereocenters. The van der Waals surface area contributed by atoms with Crippen molar-refractivity contribution < 1.29 is 13.9 Å². The Labute approximate surface area is 110 Å². The summed E-state index contributed by atoms with van der Waals surface area (Å²) in [4.78, 5) is 23.3. The number of aryl methyl sites for hydroxylation is 1. The monoisotopic (exact) mass is 258 g/mol. The first-order valence-electron chi connectivity index (χ1n) is 5.86. The van der Waals surface area contributed by atoms with Gasteiger partial charge < -0.3 is 9.15 Å². The zero-order chi connectivity index (χ0) is 14.0. The Morgan fingerprint density at radius 1 is 1.47 bits per heavy atom. The summed E-state index contributed by atoms with van der Waals surface area (Å²) in [6, 6.07) is 4.88. The number of ketones is 1. The summed E-state index contributed by atoms with van der Waals surface area (Å²) < 4.78 is 10.6. The van der Waals surface area contributed by atoms with Gasteiger partial charge in [-0.05, 0) is 31.5 Å². The molecule has 0 saturated carbocycles. The molecule has 1 heterocycles. The van der Waals surface area contributed by atoms with Crippen LogP contribution in [0.5, 0.6) is 5.75 Å². The Bertz CT molecular complexity index is 710. The van der Waals surface area contributed by atoms with E-state index in [4.69, 9.17) is 9.15 Å². The van der Waals surface area contributed by atoms with Gasteiger partial charge in [0.1, 0.15) is 17.9 Å². The first kappa shape index (κ1) is 13.1. The number of benzene rings is 1. The second kappa shape index (κ2) is 5.10. The molecular weight excluding hydrogens is 244 g/mol. The van der Waals surface area contributed by atoms with Crippen LogP contribution < -0.4 is 10.4 Å². The third-order valence-electron chi connectivity index (χ3n) is 2.79.